The molecule has 0 aliphatic rings. The maximum atomic E-state index is 11.3. The number of nitrogens with one attached hydrogen (secondary N) is 1. The van der Waals surface area contributed by atoms with Gasteiger partial charge in [0.05, 0.1) is 12.7 Å². The zero-order chi connectivity index (χ0) is 9.78. The lowest BCUT2D eigenvalue weighted by Gasteiger charge is -2.25. The highest BCUT2D eigenvalue weighted by atomic mass is 16.5. The van der Waals surface area contributed by atoms with Gasteiger partial charge in [-0.1, -0.05) is 0 Å². The minimum atomic E-state index is -0.982. The van der Waals surface area contributed by atoms with Crippen molar-refractivity contribution in [2.45, 2.75) is 32.4 Å². The molecule has 0 spiro atoms. The van der Waals surface area contributed by atoms with Crippen molar-refractivity contribution in [1.29, 1.82) is 0 Å². The van der Waals surface area contributed by atoms with Crippen molar-refractivity contribution in [2.75, 3.05) is 13.7 Å². The molecule has 0 rings (SSSR count). The Hall–Kier alpha value is -0.610. The monoisotopic (exact) mass is 175 g/mol. The van der Waals surface area contributed by atoms with Gasteiger partial charge < -0.3 is 15.2 Å². The first-order chi connectivity index (χ1) is 5.46. The molecule has 0 aromatic carbocycles. The zero-order valence-electron chi connectivity index (χ0n) is 8.05. The number of carbonyl (C=O) groups is 1. The van der Waals surface area contributed by atoms with Gasteiger partial charge in [-0.3, -0.25) is 0 Å². The number of aliphatic hydroxyl groups is 1. The van der Waals surface area contributed by atoms with E-state index < -0.39 is 11.5 Å². The Kier molecular flexibility index (Phi) is 4.20. The summed E-state index contributed by atoms with van der Waals surface area (Å²) in [5.74, 6) is -0.428. The van der Waals surface area contributed by atoms with E-state index in [0.717, 1.165) is 0 Å². The van der Waals surface area contributed by atoms with Crippen LogP contribution in [-0.2, 0) is 9.53 Å². The Balaban J connectivity index is 4.22. The van der Waals surface area contributed by atoms with Crippen LogP contribution in [0, 0.1) is 0 Å². The van der Waals surface area contributed by atoms with Crippen molar-refractivity contribution in [2.24, 2.45) is 0 Å². The molecule has 0 aromatic heterocycles. The maximum Gasteiger partial charge on any atom is 0.328 e. The van der Waals surface area contributed by atoms with Crippen molar-refractivity contribution in [3.8, 4) is 0 Å². The Labute approximate surface area is 72.9 Å². The Morgan fingerprint density at radius 2 is 2.17 bits per heavy atom. The van der Waals surface area contributed by atoms with Crippen LogP contribution in [0.1, 0.15) is 20.8 Å². The number of carbonyl (C=O) groups excluding carboxylic acids is 1. The van der Waals surface area contributed by atoms with Gasteiger partial charge in [0, 0.05) is 0 Å². The molecule has 0 amide bonds. The lowest BCUT2D eigenvalue weighted by molar-refractivity contribution is -0.156. The van der Waals surface area contributed by atoms with Crippen LogP contribution in [0.2, 0.25) is 0 Å². The molecular weight excluding hydrogens is 158 g/mol. The third kappa shape index (κ3) is 2.79. The summed E-state index contributed by atoms with van der Waals surface area (Å²) in [7, 11) is 1.61. The van der Waals surface area contributed by atoms with E-state index in [9.17, 15) is 4.79 Å². The molecule has 4 heteroatoms. The van der Waals surface area contributed by atoms with Gasteiger partial charge in [0.25, 0.3) is 0 Å². The molecule has 2 N–H and O–H groups in total. The molecule has 0 aliphatic carbocycles. The second-order valence-corrected chi connectivity index (χ2v) is 3.19. The van der Waals surface area contributed by atoms with E-state index in [-0.39, 0.29) is 12.7 Å². The quantitative estimate of drug-likeness (QED) is 0.586. The van der Waals surface area contributed by atoms with Gasteiger partial charge >= 0.3 is 5.97 Å². The molecule has 0 aliphatic heterocycles. The minimum Gasteiger partial charge on any atom is -0.462 e. The molecule has 0 fully saturated rings. The van der Waals surface area contributed by atoms with Crippen LogP contribution in [0.4, 0.5) is 0 Å². The van der Waals surface area contributed by atoms with E-state index in [2.05, 4.69) is 5.32 Å². The van der Waals surface area contributed by atoms with Crippen LogP contribution in [0.25, 0.3) is 0 Å². The number of esters is 1. The normalized spacial score (nSPS) is 15.8. The molecule has 1 atom stereocenters. The highest BCUT2D eigenvalue weighted by Crippen LogP contribution is 2.06. The van der Waals surface area contributed by atoms with Gasteiger partial charge in [-0.25, -0.2) is 4.79 Å². The summed E-state index contributed by atoms with van der Waals surface area (Å²) in [5, 5.41) is 11.6. The van der Waals surface area contributed by atoms with Crippen molar-refractivity contribution >= 4 is 5.97 Å². The molecule has 0 aromatic rings. The van der Waals surface area contributed by atoms with Crippen molar-refractivity contribution in [3.63, 3.8) is 0 Å². The third-order valence-electron chi connectivity index (χ3n) is 1.66. The van der Waals surface area contributed by atoms with Crippen LogP contribution < -0.4 is 5.32 Å². The predicted octanol–water partition coefficient (Wildman–Crippen LogP) is -0.0916. The fourth-order valence-corrected chi connectivity index (χ4v) is 0.590. The van der Waals surface area contributed by atoms with E-state index >= 15 is 0 Å². The van der Waals surface area contributed by atoms with Gasteiger partial charge in [0.1, 0.15) is 5.54 Å². The van der Waals surface area contributed by atoms with Crippen LogP contribution in [-0.4, -0.2) is 36.4 Å². The fraction of sp³-hybridized carbons (Fsp3) is 0.875. The van der Waals surface area contributed by atoms with Crippen molar-refractivity contribution in [1.82, 2.24) is 5.32 Å². The second-order valence-electron chi connectivity index (χ2n) is 3.19. The topological polar surface area (TPSA) is 58.6 Å². The van der Waals surface area contributed by atoms with Gasteiger partial charge in [-0.05, 0) is 27.8 Å². The van der Waals surface area contributed by atoms with Crippen molar-refractivity contribution in [3.05, 3.63) is 0 Å². The van der Waals surface area contributed by atoms with Crippen LogP contribution in [0.3, 0.4) is 0 Å². The van der Waals surface area contributed by atoms with E-state index in [0.29, 0.717) is 0 Å². The first-order valence-corrected chi connectivity index (χ1v) is 3.97. The molecule has 72 valence electrons. The Bertz CT molecular complexity index is 152. The summed E-state index contributed by atoms with van der Waals surface area (Å²) >= 11 is 0. The average molecular weight is 175 g/mol. The van der Waals surface area contributed by atoms with E-state index in [1.165, 1.54) is 0 Å². The molecule has 0 saturated heterocycles. The smallest absolute Gasteiger partial charge is 0.328 e. The standard InChI is InChI=1S/C8H17NO3/c1-6(2)12-7(11)8(3,5-10)9-4/h6,9-10H,5H2,1-4H3. The number of likely N-dealkylation sites (N-methyl/N-ethyl adjacent to an activating group) is 1. The Morgan fingerprint density at radius 3 is 2.42 bits per heavy atom. The summed E-state index contributed by atoms with van der Waals surface area (Å²) in [6.07, 6.45) is -0.156. The van der Waals surface area contributed by atoms with Crippen LogP contribution >= 0.6 is 0 Å². The number of rotatable bonds is 4. The van der Waals surface area contributed by atoms with Crippen molar-refractivity contribution < 1.29 is 14.6 Å². The molecule has 1 unspecified atom stereocenters. The summed E-state index contributed by atoms with van der Waals surface area (Å²) in [4.78, 5) is 11.3. The molecule has 0 saturated carbocycles. The lowest BCUT2D eigenvalue weighted by atomic mass is 10.1. The van der Waals surface area contributed by atoms with Crippen LogP contribution in [0.15, 0.2) is 0 Å². The predicted molar refractivity (Wildman–Crippen MR) is 45.8 cm³/mol. The van der Waals surface area contributed by atoms with E-state index in [1.54, 1.807) is 27.8 Å². The van der Waals surface area contributed by atoms with Gasteiger partial charge in [0.2, 0.25) is 0 Å². The van der Waals surface area contributed by atoms with Crippen LogP contribution in [0.5, 0.6) is 0 Å². The molecule has 4 nitrogen and oxygen atoms in total. The largest absolute Gasteiger partial charge is 0.462 e. The average Bonchev–Trinajstić information content (AvgIpc) is 2.02. The maximum absolute atomic E-state index is 11.3. The number of ether oxygens (including phenoxy) is 1. The molecule has 0 bridgehead atoms. The number of hydrogen-bond donors (Lipinski definition) is 2. The molecule has 0 radical (unpaired) electrons. The highest BCUT2D eigenvalue weighted by molar-refractivity contribution is 5.80. The van der Waals surface area contributed by atoms with Gasteiger partial charge in [-0.2, -0.15) is 0 Å². The molecular formula is C8H17NO3. The molecule has 0 heterocycles. The first-order valence-electron chi connectivity index (χ1n) is 3.97. The highest BCUT2D eigenvalue weighted by Gasteiger charge is 2.32. The van der Waals surface area contributed by atoms with Gasteiger partial charge in [0.15, 0.2) is 0 Å². The molecule has 12 heavy (non-hydrogen) atoms. The fourth-order valence-electron chi connectivity index (χ4n) is 0.590. The third-order valence-corrected chi connectivity index (χ3v) is 1.66. The van der Waals surface area contributed by atoms with Gasteiger partial charge in [-0.15, -0.1) is 0 Å². The van der Waals surface area contributed by atoms with E-state index in [4.69, 9.17) is 9.84 Å². The Morgan fingerprint density at radius 1 is 1.67 bits per heavy atom. The summed E-state index contributed by atoms with van der Waals surface area (Å²) in [6, 6.07) is 0. The minimum absolute atomic E-state index is 0.156. The lowest BCUT2D eigenvalue weighted by Crippen LogP contribution is -2.52. The number of aliphatic hydroxyl groups excluding tert-OH is 1. The summed E-state index contributed by atoms with van der Waals surface area (Å²) in [6.45, 7) is 4.86. The zero-order valence-corrected chi connectivity index (χ0v) is 8.05. The van der Waals surface area contributed by atoms with E-state index in [1.807, 2.05) is 0 Å². The summed E-state index contributed by atoms with van der Waals surface area (Å²) in [5.41, 5.74) is -0.982. The SMILES string of the molecule is CNC(C)(CO)C(=O)OC(C)C. The number of hydrogen-bond acceptors (Lipinski definition) is 4. The first kappa shape index (κ1) is 11.4. The second kappa shape index (κ2) is 4.42. The summed E-state index contributed by atoms with van der Waals surface area (Å²) < 4.78 is 4.94.